The quantitative estimate of drug-likeness (QED) is 0.538. The number of epoxide rings is 1. The van der Waals surface area contributed by atoms with E-state index in [4.69, 9.17) is 4.74 Å². The van der Waals surface area contributed by atoms with Crippen LogP contribution in [0.4, 0.5) is 0 Å². The molecule has 3 aliphatic carbocycles. The normalized spacial score (nSPS) is 62.1. The van der Waals surface area contributed by atoms with Gasteiger partial charge < -0.3 is 4.74 Å². The summed E-state index contributed by atoms with van der Waals surface area (Å²) in [6.45, 7) is 5.03. The largest absolute Gasteiger partial charge is 0.369 e. The van der Waals surface area contributed by atoms with Crippen molar-refractivity contribution >= 4 is 0 Å². The lowest BCUT2D eigenvalue weighted by atomic mass is 9.60. The van der Waals surface area contributed by atoms with E-state index in [1.807, 2.05) is 0 Å². The predicted octanol–water partition coefficient (Wildman–Crippen LogP) is 2.85. The van der Waals surface area contributed by atoms with Gasteiger partial charge >= 0.3 is 0 Å². The van der Waals surface area contributed by atoms with Crippen molar-refractivity contribution < 1.29 is 4.74 Å². The number of rotatable bonds is 0. The summed E-state index contributed by atoms with van der Waals surface area (Å²) >= 11 is 0. The van der Waals surface area contributed by atoms with Gasteiger partial charge in [0.05, 0.1) is 12.2 Å². The van der Waals surface area contributed by atoms with Crippen LogP contribution in [0.15, 0.2) is 0 Å². The average molecular weight is 192 g/mol. The van der Waals surface area contributed by atoms with E-state index in [0.29, 0.717) is 17.6 Å². The molecule has 1 saturated heterocycles. The molecule has 4 fully saturated rings. The summed E-state index contributed by atoms with van der Waals surface area (Å²) in [5.74, 6) is 4.02. The van der Waals surface area contributed by atoms with Crippen molar-refractivity contribution in [3.05, 3.63) is 0 Å². The molecule has 78 valence electrons. The first-order valence-corrected chi connectivity index (χ1v) is 6.33. The molecule has 0 aromatic heterocycles. The summed E-state index contributed by atoms with van der Waals surface area (Å²) in [5, 5.41) is 0. The van der Waals surface area contributed by atoms with Crippen molar-refractivity contribution in [2.75, 3.05) is 0 Å². The molecule has 2 bridgehead atoms. The van der Waals surface area contributed by atoms with Crippen LogP contribution in [0.1, 0.15) is 39.5 Å². The molecule has 6 atom stereocenters. The Bertz CT molecular complexity index is 283. The fraction of sp³-hybridized carbons (Fsp3) is 1.00. The maximum Gasteiger partial charge on any atom is 0.0875 e. The maximum atomic E-state index is 5.77. The van der Waals surface area contributed by atoms with Gasteiger partial charge in [0.25, 0.3) is 0 Å². The number of fused-ring (bicyclic) bond motifs is 6. The minimum atomic E-state index is 0.627. The molecule has 4 rings (SSSR count). The van der Waals surface area contributed by atoms with Crippen LogP contribution in [0, 0.1) is 29.1 Å². The predicted molar refractivity (Wildman–Crippen MR) is 54.9 cm³/mol. The van der Waals surface area contributed by atoms with Crippen molar-refractivity contribution in [2.45, 2.75) is 51.7 Å². The van der Waals surface area contributed by atoms with Gasteiger partial charge in [-0.2, -0.15) is 0 Å². The van der Waals surface area contributed by atoms with Crippen molar-refractivity contribution in [2.24, 2.45) is 29.1 Å². The molecule has 1 heteroatoms. The van der Waals surface area contributed by atoms with Gasteiger partial charge in [0, 0.05) is 0 Å². The van der Waals surface area contributed by atoms with Gasteiger partial charge in [-0.3, -0.25) is 0 Å². The molecule has 6 unspecified atom stereocenters. The van der Waals surface area contributed by atoms with Gasteiger partial charge in [-0.25, -0.2) is 0 Å². The second-order valence-electron chi connectivity index (χ2n) is 6.65. The molecule has 0 N–H and O–H groups in total. The van der Waals surface area contributed by atoms with Crippen molar-refractivity contribution in [3.63, 3.8) is 0 Å². The van der Waals surface area contributed by atoms with Gasteiger partial charge in [0.15, 0.2) is 0 Å². The van der Waals surface area contributed by atoms with E-state index in [-0.39, 0.29) is 0 Å². The van der Waals surface area contributed by atoms with E-state index in [1.165, 1.54) is 25.7 Å². The smallest absolute Gasteiger partial charge is 0.0875 e. The first kappa shape index (κ1) is 8.15. The van der Waals surface area contributed by atoms with Crippen LogP contribution in [0.3, 0.4) is 0 Å². The second-order valence-corrected chi connectivity index (χ2v) is 6.65. The first-order chi connectivity index (χ1) is 6.68. The van der Waals surface area contributed by atoms with Crippen LogP contribution in [-0.2, 0) is 4.74 Å². The van der Waals surface area contributed by atoms with Crippen LogP contribution < -0.4 is 0 Å². The fourth-order valence-electron chi connectivity index (χ4n) is 5.12. The van der Waals surface area contributed by atoms with Crippen molar-refractivity contribution in [1.82, 2.24) is 0 Å². The highest BCUT2D eigenvalue weighted by Crippen LogP contribution is 2.66. The molecular formula is C13H20O. The number of hydrogen-bond donors (Lipinski definition) is 0. The Hall–Kier alpha value is -0.0400. The van der Waals surface area contributed by atoms with Crippen molar-refractivity contribution in [3.8, 4) is 0 Å². The molecule has 0 spiro atoms. The third kappa shape index (κ3) is 0.778. The van der Waals surface area contributed by atoms with Crippen LogP contribution >= 0.6 is 0 Å². The minimum Gasteiger partial charge on any atom is -0.369 e. The second kappa shape index (κ2) is 2.21. The summed E-state index contributed by atoms with van der Waals surface area (Å²) in [7, 11) is 0. The standard InChI is InChI=1S/C13H20O/c1-13(2)8-3-4-9(13)11-7(5-8)6-10-12(11)14-10/h7-12H,3-6H2,1-2H3. The summed E-state index contributed by atoms with van der Waals surface area (Å²) in [5.41, 5.74) is 0.627. The topological polar surface area (TPSA) is 12.5 Å². The van der Waals surface area contributed by atoms with E-state index >= 15 is 0 Å². The molecular weight excluding hydrogens is 172 g/mol. The average Bonchev–Trinajstić information content (AvgIpc) is 2.76. The first-order valence-electron chi connectivity index (χ1n) is 6.33. The molecule has 14 heavy (non-hydrogen) atoms. The zero-order valence-corrected chi connectivity index (χ0v) is 9.20. The number of hydrogen-bond acceptors (Lipinski definition) is 1. The number of ether oxygens (including phenoxy) is 1. The third-order valence-electron chi connectivity index (χ3n) is 5.97. The van der Waals surface area contributed by atoms with E-state index in [0.717, 1.165) is 23.7 Å². The molecule has 1 aliphatic heterocycles. The Morgan fingerprint density at radius 1 is 1.14 bits per heavy atom. The monoisotopic (exact) mass is 192 g/mol. The Labute approximate surface area is 86.2 Å². The summed E-state index contributed by atoms with van der Waals surface area (Å²) in [6, 6.07) is 0. The van der Waals surface area contributed by atoms with Gasteiger partial charge in [-0.05, 0) is 54.8 Å². The molecule has 0 aromatic rings. The van der Waals surface area contributed by atoms with Gasteiger partial charge in [0.1, 0.15) is 0 Å². The molecule has 1 heterocycles. The Kier molecular flexibility index (Phi) is 1.29. The highest BCUT2D eigenvalue weighted by molar-refractivity contribution is 5.12. The van der Waals surface area contributed by atoms with Gasteiger partial charge in [-0.1, -0.05) is 13.8 Å². The van der Waals surface area contributed by atoms with E-state index in [2.05, 4.69) is 13.8 Å². The van der Waals surface area contributed by atoms with Gasteiger partial charge in [0.2, 0.25) is 0 Å². The lowest BCUT2D eigenvalue weighted by molar-refractivity contribution is 0.00592. The summed E-state index contributed by atoms with van der Waals surface area (Å²) < 4.78 is 5.77. The summed E-state index contributed by atoms with van der Waals surface area (Å²) in [4.78, 5) is 0. The summed E-state index contributed by atoms with van der Waals surface area (Å²) in [6.07, 6.45) is 7.31. The SMILES string of the molecule is CC1(C)C2CCC1C1C(CC3OC31)C2. The fourth-order valence-corrected chi connectivity index (χ4v) is 5.12. The van der Waals surface area contributed by atoms with Crippen LogP contribution in [-0.4, -0.2) is 12.2 Å². The van der Waals surface area contributed by atoms with Crippen LogP contribution in [0.2, 0.25) is 0 Å². The highest BCUT2D eigenvalue weighted by Gasteiger charge is 2.64. The van der Waals surface area contributed by atoms with E-state index in [1.54, 1.807) is 0 Å². The molecule has 4 aliphatic rings. The Morgan fingerprint density at radius 2 is 2.00 bits per heavy atom. The molecule has 1 nitrogen and oxygen atoms in total. The van der Waals surface area contributed by atoms with E-state index < -0.39 is 0 Å². The van der Waals surface area contributed by atoms with Gasteiger partial charge in [-0.15, -0.1) is 0 Å². The lowest BCUT2D eigenvalue weighted by Gasteiger charge is -2.45. The minimum absolute atomic E-state index is 0.627. The van der Waals surface area contributed by atoms with Crippen LogP contribution in [0.25, 0.3) is 0 Å². The molecule has 0 amide bonds. The molecule has 0 aromatic carbocycles. The third-order valence-corrected chi connectivity index (χ3v) is 5.97. The van der Waals surface area contributed by atoms with E-state index in [9.17, 15) is 0 Å². The zero-order chi connectivity index (χ0) is 9.50. The zero-order valence-electron chi connectivity index (χ0n) is 9.20. The Balaban J connectivity index is 1.74. The molecule has 0 radical (unpaired) electrons. The Morgan fingerprint density at radius 3 is 2.86 bits per heavy atom. The van der Waals surface area contributed by atoms with Crippen LogP contribution in [0.5, 0.6) is 0 Å². The molecule has 3 saturated carbocycles. The maximum absolute atomic E-state index is 5.77. The van der Waals surface area contributed by atoms with Crippen molar-refractivity contribution in [1.29, 1.82) is 0 Å². The highest BCUT2D eigenvalue weighted by atomic mass is 16.6. The lowest BCUT2D eigenvalue weighted by Crippen LogP contribution is -2.40.